The quantitative estimate of drug-likeness (QED) is 0.212. The average molecular weight is 422 g/mol. The van der Waals surface area contributed by atoms with Gasteiger partial charge in [0.2, 0.25) is 0 Å². The van der Waals surface area contributed by atoms with Crippen molar-refractivity contribution >= 4 is 39.0 Å². The van der Waals surface area contributed by atoms with Crippen molar-refractivity contribution in [2.75, 3.05) is 0 Å². The topological polar surface area (TPSA) is 9.23 Å². The summed E-state index contributed by atoms with van der Waals surface area (Å²) in [6.07, 6.45) is 6.86. The van der Waals surface area contributed by atoms with Crippen molar-refractivity contribution in [2.24, 2.45) is 0 Å². The van der Waals surface area contributed by atoms with E-state index >= 15 is 0 Å². The fourth-order valence-electron chi connectivity index (χ4n) is 1.88. The Bertz CT molecular complexity index is 369. The molecule has 0 aliphatic carbocycles. The van der Waals surface area contributed by atoms with Crippen molar-refractivity contribution in [2.45, 2.75) is 77.5 Å². The normalized spacial score (nSPS) is 15.8. The summed E-state index contributed by atoms with van der Waals surface area (Å²) < 4.78 is 8.58. The molecule has 0 amide bonds. The van der Waals surface area contributed by atoms with Crippen LogP contribution >= 0.6 is 22.6 Å². The molecule has 0 saturated heterocycles. The van der Waals surface area contributed by atoms with Crippen LogP contribution in [0, 0.1) is 11.5 Å². The molecular weight excluding hydrogens is 391 g/mol. The van der Waals surface area contributed by atoms with Gasteiger partial charge in [0.15, 0.2) is 8.32 Å². The highest BCUT2D eigenvalue weighted by molar-refractivity contribution is 14.1. The van der Waals surface area contributed by atoms with Gasteiger partial charge in [0.1, 0.15) is 13.7 Å². The molecule has 0 N–H and O–H groups in total. The average Bonchev–Trinajstić information content (AvgIpc) is 2.24. The lowest BCUT2D eigenvalue weighted by Gasteiger charge is -2.33. The van der Waals surface area contributed by atoms with Crippen LogP contribution in [0.3, 0.4) is 0 Å². The van der Waals surface area contributed by atoms with Gasteiger partial charge in [-0.1, -0.05) is 67.9 Å². The molecular formula is C16H31IOSi2. The van der Waals surface area contributed by atoms with Crippen molar-refractivity contribution in [3.05, 3.63) is 10.2 Å². The summed E-state index contributed by atoms with van der Waals surface area (Å²) in [5.41, 5.74) is 3.17. The van der Waals surface area contributed by atoms with Gasteiger partial charge >= 0.3 is 0 Å². The van der Waals surface area contributed by atoms with Gasteiger partial charge in [-0.2, -0.15) is 0 Å². The molecule has 0 spiro atoms. The lowest BCUT2D eigenvalue weighted by Crippen LogP contribution is -2.41. The van der Waals surface area contributed by atoms with Gasteiger partial charge < -0.3 is 4.43 Å². The minimum absolute atomic E-state index is 0.360. The van der Waals surface area contributed by atoms with E-state index in [-0.39, 0.29) is 5.60 Å². The summed E-state index contributed by atoms with van der Waals surface area (Å²) >= 11 is 2.28. The van der Waals surface area contributed by atoms with E-state index in [9.17, 15) is 0 Å². The molecule has 1 nitrogen and oxygen atoms in total. The fraction of sp³-hybridized carbons (Fsp3) is 0.750. The fourth-order valence-corrected chi connectivity index (χ4v) is 4.36. The predicted molar refractivity (Wildman–Crippen MR) is 106 cm³/mol. The van der Waals surface area contributed by atoms with Crippen molar-refractivity contribution in [1.82, 2.24) is 0 Å². The predicted octanol–water partition coefficient (Wildman–Crippen LogP) is 5.99. The Labute approximate surface area is 142 Å². The molecule has 4 heteroatoms. The van der Waals surface area contributed by atoms with Gasteiger partial charge in [0.05, 0.1) is 0 Å². The van der Waals surface area contributed by atoms with Gasteiger partial charge in [0.25, 0.3) is 0 Å². The van der Waals surface area contributed by atoms with Crippen molar-refractivity contribution in [3.8, 4) is 11.5 Å². The molecule has 0 fully saturated rings. The van der Waals surface area contributed by atoms with Crippen LogP contribution in [0.4, 0.5) is 0 Å². The standard InChI is InChI=1S/C16H31IOSi2/c1-8-9-10-11-16(12-14-17,18-20(5,6)7)13-15-19(2,3)4/h12,14H,8-11H2,1-7H3. The van der Waals surface area contributed by atoms with Gasteiger partial charge in [-0.3, -0.25) is 0 Å². The molecule has 0 rings (SSSR count). The zero-order valence-electron chi connectivity index (χ0n) is 14.3. The van der Waals surface area contributed by atoms with E-state index in [0.29, 0.717) is 0 Å². The number of halogens is 1. The minimum atomic E-state index is -1.63. The van der Waals surface area contributed by atoms with Crippen LogP contribution in [-0.4, -0.2) is 22.0 Å². The van der Waals surface area contributed by atoms with Gasteiger partial charge in [-0.05, 0) is 42.6 Å². The summed E-state index contributed by atoms with van der Waals surface area (Å²) in [5.74, 6) is 3.52. The molecule has 0 radical (unpaired) electrons. The Morgan fingerprint density at radius 2 is 1.70 bits per heavy atom. The largest absolute Gasteiger partial charge is 0.398 e. The van der Waals surface area contributed by atoms with E-state index in [1.54, 1.807) is 0 Å². The molecule has 1 unspecified atom stereocenters. The van der Waals surface area contributed by atoms with Crippen molar-refractivity contribution < 1.29 is 4.43 Å². The minimum Gasteiger partial charge on any atom is -0.398 e. The molecule has 0 aliphatic rings. The molecule has 0 saturated carbocycles. The zero-order valence-corrected chi connectivity index (χ0v) is 18.4. The van der Waals surface area contributed by atoms with Crippen LogP contribution < -0.4 is 0 Å². The second kappa shape index (κ2) is 8.77. The highest BCUT2D eigenvalue weighted by Gasteiger charge is 2.32. The molecule has 0 heterocycles. The van der Waals surface area contributed by atoms with Crippen molar-refractivity contribution in [1.29, 1.82) is 0 Å². The van der Waals surface area contributed by atoms with Crippen molar-refractivity contribution in [3.63, 3.8) is 0 Å². The third-order valence-corrected chi connectivity index (χ3v) is 4.83. The first-order valence-corrected chi connectivity index (χ1v) is 15.7. The van der Waals surface area contributed by atoms with Crippen LogP contribution in [0.15, 0.2) is 10.2 Å². The maximum atomic E-state index is 6.50. The van der Waals surface area contributed by atoms with Crippen LogP contribution in [0.5, 0.6) is 0 Å². The smallest absolute Gasteiger partial charge is 0.186 e. The third kappa shape index (κ3) is 10.2. The number of hydrogen-bond donors (Lipinski definition) is 0. The van der Waals surface area contributed by atoms with Gasteiger partial charge in [-0.25, -0.2) is 0 Å². The molecule has 0 aromatic rings. The van der Waals surface area contributed by atoms with Gasteiger partial charge in [-0.15, -0.1) is 5.54 Å². The highest BCUT2D eigenvalue weighted by Crippen LogP contribution is 2.27. The van der Waals surface area contributed by atoms with Crippen LogP contribution in [0.2, 0.25) is 39.3 Å². The Kier molecular flexibility index (Phi) is 8.95. The van der Waals surface area contributed by atoms with Crippen LogP contribution in [0.25, 0.3) is 0 Å². The first kappa shape index (κ1) is 20.4. The zero-order chi connectivity index (χ0) is 15.9. The highest BCUT2D eigenvalue weighted by atomic mass is 127. The molecule has 0 aromatic heterocycles. The second-order valence-electron chi connectivity index (χ2n) is 7.35. The maximum absolute atomic E-state index is 6.50. The second-order valence-corrected chi connectivity index (χ2v) is 17.3. The molecule has 116 valence electrons. The monoisotopic (exact) mass is 422 g/mol. The van der Waals surface area contributed by atoms with E-state index < -0.39 is 16.4 Å². The van der Waals surface area contributed by atoms with Crippen LogP contribution in [0.1, 0.15) is 32.6 Å². The molecule has 0 bridgehead atoms. The Hall–Kier alpha value is 0.424. The Balaban J connectivity index is 5.36. The van der Waals surface area contributed by atoms with E-state index in [0.717, 1.165) is 6.42 Å². The number of rotatable bonds is 7. The number of unbranched alkanes of at least 4 members (excludes halogenated alkanes) is 2. The van der Waals surface area contributed by atoms with Crippen LogP contribution in [-0.2, 0) is 4.43 Å². The first-order valence-electron chi connectivity index (χ1n) is 7.56. The Morgan fingerprint density at radius 1 is 1.10 bits per heavy atom. The molecule has 1 atom stereocenters. The van der Waals surface area contributed by atoms with E-state index in [1.165, 1.54) is 19.3 Å². The summed E-state index contributed by atoms with van der Waals surface area (Å²) in [4.78, 5) is 0. The lowest BCUT2D eigenvalue weighted by atomic mass is 9.97. The first-order chi connectivity index (χ1) is 9.04. The lowest BCUT2D eigenvalue weighted by molar-refractivity contribution is 0.159. The molecule has 20 heavy (non-hydrogen) atoms. The summed E-state index contributed by atoms with van der Waals surface area (Å²) in [5, 5.41) is 0. The SMILES string of the molecule is CCCCCC(C#C[Si](C)(C)C)(C=CI)O[Si](C)(C)C. The molecule has 0 aromatic carbocycles. The number of hydrogen-bond acceptors (Lipinski definition) is 1. The summed E-state index contributed by atoms with van der Waals surface area (Å²) in [6.45, 7) is 15.9. The van der Waals surface area contributed by atoms with E-state index in [1.807, 2.05) is 0 Å². The summed E-state index contributed by atoms with van der Waals surface area (Å²) in [6, 6.07) is 0. The molecule has 0 aliphatic heterocycles. The van der Waals surface area contributed by atoms with E-state index in [2.05, 4.69) is 90.4 Å². The van der Waals surface area contributed by atoms with E-state index in [4.69, 9.17) is 4.43 Å². The maximum Gasteiger partial charge on any atom is 0.186 e. The summed E-state index contributed by atoms with van der Waals surface area (Å²) in [7, 11) is -3.01. The Morgan fingerprint density at radius 3 is 2.10 bits per heavy atom. The third-order valence-electron chi connectivity index (χ3n) is 2.62. The van der Waals surface area contributed by atoms with Gasteiger partial charge in [0, 0.05) is 0 Å².